The highest BCUT2D eigenvalue weighted by Crippen LogP contribution is 2.29. The molecule has 2 unspecified atom stereocenters. The molecule has 0 spiro atoms. The van der Waals surface area contributed by atoms with Crippen LogP contribution >= 0.6 is 21.6 Å². The molecule has 3 N–H and O–H groups in total. The lowest BCUT2D eigenvalue weighted by Gasteiger charge is -2.27. The van der Waals surface area contributed by atoms with Crippen molar-refractivity contribution in [1.29, 1.82) is 0 Å². The Balaban J connectivity index is 1.91. The number of carbonyl (C=O) groups is 4. The number of aliphatic carboxylic acids is 1. The summed E-state index contributed by atoms with van der Waals surface area (Å²) in [6, 6.07) is 5.46. The molecule has 2 atom stereocenters. The number of nitrogens with zero attached hydrogens (tertiary/aromatic N) is 2. The van der Waals surface area contributed by atoms with Gasteiger partial charge in [-0.15, -0.1) is 0 Å². The molecule has 1 aromatic rings. The summed E-state index contributed by atoms with van der Waals surface area (Å²) >= 11 is 0. The normalized spacial score (nSPS) is 16.1. The predicted molar refractivity (Wildman–Crippen MR) is 117 cm³/mol. The minimum Gasteiger partial charge on any atom is -0.480 e. The minimum atomic E-state index is -4.81. The lowest BCUT2D eigenvalue weighted by Crippen LogP contribution is -2.50. The summed E-state index contributed by atoms with van der Waals surface area (Å²) in [7, 11) is -2.00. The largest absolute Gasteiger partial charge is 0.480 e. The Morgan fingerprint density at radius 3 is 2.44 bits per heavy atom. The SMILES string of the molecule is O=C(CCSSc1ccccn1)NC(CCCC(C(=O)O)S(=O)(=O)O)N1C(=O)CCC1=O. The average molecular weight is 506 g/mol. The van der Waals surface area contributed by atoms with Crippen LogP contribution in [-0.4, -0.2) is 68.8 Å². The Labute approximate surface area is 192 Å². The maximum absolute atomic E-state index is 12.4. The van der Waals surface area contributed by atoms with Crippen LogP contribution in [0.15, 0.2) is 29.4 Å². The van der Waals surface area contributed by atoms with E-state index in [1.807, 2.05) is 12.1 Å². The van der Waals surface area contributed by atoms with E-state index in [1.165, 1.54) is 21.6 Å². The molecule has 1 aliphatic rings. The van der Waals surface area contributed by atoms with Crippen molar-refractivity contribution in [1.82, 2.24) is 15.2 Å². The maximum atomic E-state index is 12.4. The van der Waals surface area contributed by atoms with Gasteiger partial charge in [0.15, 0.2) is 5.25 Å². The summed E-state index contributed by atoms with van der Waals surface area (Å²) in [5.74, 6) is -2.62. The highest BCUT2D eigenvalue weighted by atomic mass is 33.1. The van der Waals surface area contributed by atoms with Gasteiger partial charge in [-0.2, -0.15) is 8.42 Å². The number of pyridine rings is 1. The molecular formula is C18H23N3O8S3. The highest BCUT2D eigenvalue weighted by Gasteiger charge is 2.36. The van der Waals surface area contributed by atoms with Crippen molar-refractivity contribution in [3.63, 3.8) is 0 Å². The third-order valence-corrected chi connectivity index (χ3v) is 7.93. The van der Waals surface area contributed by atoms with E-state index in [1.54, 1.807) is 12.3 Å². The van der Waals surface area contributed by atoms with E-state index in [0.717, 1.165) is 9.93 Å². The van der Waals surface area contributed by atoms with Gasteiger partial charge in [-0.3, -0.25) is 28.6 Å². The number of rotatable bonds is 13. The van der Waals surface area contributed by atoms with E-state index >= 15 is 0 Å². The van der Waals surface area contributed by atoms with Gasteiger partial charge in [0.1, 0.15) is 11.2 Å². The fourth-order valence-corrected chi connectivity index (χ4v) is 5.58. The molecule has 2 rings (SSSR count). The van der Waals surface area contributed by atoms with Crippen LogP contribution in [-0.2, 0) is 29.3 Å². The summed E-state index contributed by atoms with van der Waals surface area (Å²) in [6.07, 6.45) is 0.194. The van der Waals surface area contributed by atoms with Crippen LogP contribution in [0.3, 0.4) is 0 Å². The van der Waals surface area contributed by atoms with Gasteiger partial charge < -0.3 is 10.4 Å². The van der Waals surface area contributed by atoms with E-state index in [0.29, 0.717) is 5.75 Å². The van der Waals surface area contributed by atoms with Gasteiger partial charge in [-0.1, -0.05) is 16.9 Å². The minimum absolute atomic E-state index is 0.00451. The van der Waals surface area contributed by atoms with E-state index in [2.05, 4.69) is 10.3 Å². The average Bonchev–Trinajstić information content (AvgIpc) is 3.05. The number of nitrogens with one attached hydrogen (secondary N) is 1. The lowest BCUT2D eigenvalue weighted by molar-refractivity contribution is -0.143. The first-order valence-electron chi connectivity index (χ1n) is 9.63. The van der Waals surface area contributed by atoms with Crippen molar-refractivity contribution in [3.05, 3.63) is 24.4 Å². The first kappa shape index (κ1) is 26.1. The summed E-state index contributed by atoms with van der Waals surface area (Å²) in [5.41, 5.74) is 0. The van der Waals surface area contributed by atoms with Crippen LogP contribution in [0.25, 0.3) is 0 Å². The Hall–Kier alpha value is -2.16. The van der Waals surface area contributed by atoms with Gasteiger partial charge >= 0.3 is 5.97 Å². The fraction of sp³-hybridized carbons (Fsp3) is 0.500. The summed E-state index contributed by atoms with van der Waals surface area (Å²) in [5, 5.41) is 10.4. The monoisotopic (exact) mass is 505 g/mol. The molecule has 1 aliphatic heterocycles. The van der Waals surface area contributed by atoms with Crippen LogP contribution in [0.4, 0.5) is 0 Å². The van der Waals surface area contributed by atoms with Crippen LogP contribution in [0.5, 0.6) is 0 Å². The quantitative estimate of drug-likeness (QED) is 0.153. The number of carboxylic acids is 1. The van der Waals surface area contributed by atoms with Crippen LogP contribution in [0.1, 0.15) is 38.5 Å². The first-order chi connectivity index (χ1) is 15.1. The van der Waals surface area contributed by atoms with Crippen molar-refractivity contribution in [2.24, 2.45) is 0 Å². The number of hydrogen-bond donors (Lipinski definition) is 3. The van der Waals surface area contributed by atoms with Gasteiger partial charge in [-0.05, 0) is 42.2 Å². The zero-order valence-corrected chi connectivity index (χ0v) is 19.3. The van der Waals surface area contributed by atoms with Gasteiger partial charge in [0.05, 0.1) is 0 Å². The third-order valence-electron chi connectivity index (χ3n) is 4.50. The molecule has 1 saturated heterocycles. The van der Waals surface area contributed by atoms with Gasteiger partial charge in [0, 0.05) is 31.2 Å². The van der Waals surface area contributed by atoms with Crippen molar-refractivity contribution < 1.29 is 37.3 Å². The molecule has 14 heteroatoms. The molecule has 0 aromatic carbocycles. The molecular weight excluding hydrogens is 482 g/mol. The number of aromatic nitrogens is 1. The molecule has 1 fully saturated rings. The van der Waals surface area contributed by atoms with E-state index < -0.39 is 51.6 Å². The number of amides is 3. The molecule has 0 saturated carbocycles. The first-order valence-corrected chi connectivity index (χ1v) is 13.5. The molecule has 176 valence electrons. The third kappa shape index (κ3) is 8.07. The highest BCUT2D eigenvalue weighted by molar-refractivity contribution is 8.76. The second-order valence-corrected chi connectivity index (χ2v) is 10.9. The summed E-state index contributed by atoms with van der Waals surface area (Å²) in [6.45, 7) is 0. The zero-order chi connectivity index (χ0) is 23.7. The maximum Gasteiger partial charge on any atom is 0.324 e. The second kappa shape index (κ2) is 12.2. The number of imide groups is 1. The summed E-state index contributed by atoms with van der Waals surface area (Å²) < 4.78 is 31.5. The number of carboxylic acid groups (broad SMARTS) is 1. The van der Waals surface area contributed by atoms with Gasteiger partial charge in [0.2, 0.25) is 17.7 Å². The molecule has 3 amide bonds. The topological polar surface area (TPSA) is 171 Å². The van der Waals surface area contributed by atoms with Crippen molar-refractivity contribution >= 4 is 55.4 Å². The second-order valence-electron chi connectivity index (χ2n) is 6.84. The fourth-order valence-electron chi connectivity index (χ4n) is 2.99. The molecule has 0 aliphatic carbocycles. The van der Waals surface area contributed by atoms with E-state index in [4.69, 9.17) is 9.66 Å². The van der Waals surface area contributed by atoms with Crippen molar-refractivity contribution in [2.45, 2.75) is 55.0 Å². The molecule has 1 aromatic heterocycles. The smallest absolute Gasteiger partial charge is 0.324 e. The lowest BCUT2D eigenvalue weighted by atomic mass is 10.1. The van der Waals surface area contributed by atoms with E-state index in [9.17, 15) is 27.6 Å². The Morgan fingerprint density at radius 1 is 1.19 bits per heavy atom. The molecule has 0 bridgehead atoms. The molecule has 11 nitrogen and oxygen atoms in total. The van der Waals surface area contributed by atoms with E-state index in [-0.39, 0.29) is 32.1 Å². The number of hydrogen-bond acceptors (Lipinski definition) is 9. The standard InChI is InChI=1S/C18H23N3O8S3/c22-14(9-11-30-31-15-6-1-2-10-19-15)20-13(21-16(23)7-8-17(21)24)5-3-4-12(18(25)26)32(27,28)29/h1-2,6,10,12-13H,3-5,7-9,11H2,(H,20,22)(H,25,26)(H,27,28,29). The van der Waals surface area contributed by atoms with Crippen LogP contribution < -0.4 is 5.32 Å². The van der Waals surface area contributed by atoms with Gasteiger partial charge in [-0.25, -0.2) is 4.98 Å². The molecule has 32 heavy (non-hydrogen) atoms. The zero-order valence-electron chi connectivity index (χ0n) is 16.9. The number of carbonyl (C=O) groups excluding carboxylic acids is 3. The van der Waals surface area contributed by atoms with Crippen molar-refractivity contribution in [2.75, 3.05) is 5.75 Å². The van der Waals surface area contributed by atoms with Crippen LogP contribution in [0, 0.1) is 0 Å². The van der Waals surface area contributed by atoms with Crippen LogP contribution in [0.2, 0.25) is 0 Å². The Bertz CT molecular complexity index is 926. The predicted octanol–water partition coefficient (Wildman–Crippen LogP) is 1.31. The molecule has 2 heterocycles. The number of likely N-dealkylation sites (tertiary alicyclic amines) is 1. The Kier molecular flexibility index (Phi) is 9.93. The van der Waals surface area contributed by atoms with Crippen molar-refractivity contribution in [3.8, 4) is 0 Å². The Morgan fingerprint density at radius 2 is 1.88 bits per heavy atom. The summed E-state index contributed by atoms with van der Waals surface area (Å²) in [4.78, 5) is 52.7. The van der Waals surface area contributed by atoms with Gasteiger partial charge in [0.25, 0.3) is 10.1 Å². The molecule has 0 radical (unpaired) electrons.